The first kappa shape index (κ1) is 14.3. The molecule has 1 saturated carbocycles. The molecule has 3 atom stereocenters. The molecule has 0 radical (unpaired) electrons. The third kappa shape index (κ3) is 3.69. The molecule has 2 aliphatic rings. The van der Waals surface area contributed by atoms with Crippen molar-refractivity contribution in [3.63, 3.8) is 0 Å². The summed E-state index contributed by atoms with van der Waals surface area (Å²) in [7, 11) is 0. The van der Waals surface area contributed by atoms with Gasteiger partial charge in [-0.2, -0.15) is 0 Å². The van der Waals surface area contributed by atoms with Crippen LogP contribution in [0, 0.1) is 11.8 Å². The Morgan fingerprint density at radius 2 is 2.16 bits per heavy atom. The van der Waals surface area contributed by atoms with Gasteiger partial charge < -0.3 is 14.7 Å². The molecule has 5 heteroatoms. The minimum absolute atomic E-state index is 0.0187. The van der Waals surface area contributed by atoms with Crippen LogP contribution in [0.2, 0.25) is 0 Å². The molecule has 0 bridgehead atoms. The number of rotatable bonds is 3. The molecule has 2 rings (SSSR count). The fourth-order valence-electron chi connectivity index (χ4n) is 3.22. The van der Waals surface area contributed by atoms with E-state index >= 15 is 0 Å². The Labute approximate surface area is 113 Å². The number of morpholine rings is 1. The topological polar surface area (TPSA) is 66.8 Å². The maximum absolute atomic E-state index is 12.3. The zero-order valence-electron chi connectivity index (χ0n) is 11.5. The van der Waals surface area contributed by atoms with Crippen LogP contribution in [0.4, 0.5) is 0 Å². The van der Waals surface area contributed by atoms with Gasteiger partial charge in [0.1, 0.15) is 0 Å². The van der Waals surface area contributed by atoms with Gasteiger partial charge in [-0.3, -0.25) is 4.79 Å². The zero-order chi connectivity index (χ0) is 13.8. The quantitative estimate of drug-likeness (QED) is 0.843. The van der Waals surface area contributed by atoms with Gasteiger partial charge in [0.2, 0.25) is 5.91 Å². The number of carboxylic acids is 1. The van der Waals surface area contributed by atoms with Crippen LogP contribution < -0.4 is 0 Å². The fourth-order valence-corrected chi connectivity index (χ4v) is 3.22. The molecule has 1 heterocycles. The molecule has 1 aliphatic carbocycles. The van der Waals surface area contributed by atoms with Crippen LogP contribution in [0.5, 0.6) is 0 Å². The SMILES string of the molecule is C[C@@H]1CCC[C@H](CC(=O)N2CCOC[C@@H]2C(=O)O)C1. The predicted molar refractivity (Wildman–Crippen MR) is 69.7 cm³/mol. The number of hydrogen-bond donors (Lipinski definition) is 1. The molecule has 1 N–H and O–H groups in total. The molecule has 1 amide bonds. The Balaban J connectivity index is 1.92. The van der Waals surface area contributed by atoms with Gasteiger partial charge in [0, 0.05) is 13.0 Å². The van der Waals surface area contributed by atoms with Crippen molar-refractivity contribution in [3.05, 3.63) is 0 Å². The van der Waals surface area contributed by atoms with Crippen LogP contribution in [0.1, 0.15) is 39.0 Å². The van der Waals surface area contributed by atoms with Crippen LogP contribution >= 0.6 is 0 Å². The first-order chi connectivity index (χ1) is 9.08. The van der Waals surface area contributed by atoms with E-state index in [1.54, 1.807) is 0 Å². The van der Waals surface area contributed by atoms with Crippen LogP contribution in [0.25, 0.3) is 0 Å². The Kier molecular flexibility index (Phi) is 4.80. The highest BCUT2D eigenvalue weighted by atomic mass is 16.5. The molecule has 0 aromatic carbocycles. The molecular weight excluding hydrogens is 246 g/mol. The number of ether oxygens (including phenoxy) is 1. The molecule has 2 fully saturated rings. The normalized spacial score (nSPS) is 32.1. The minimum atomic E-state index is -0.968. The van der Waals surface area contributed by atoms with E-state index in [9.17, 15) is 9.59 Å². The molecular formula is C14H23NO4. The summed E-state index contributed by atoms with van der Waals surface area (Å²) in [4.78, 5) is 24.9. The first-order valence-electron chi connectivity index (χ1n) is 7.18. The number of amides is 1. The van der Waals surface area contributed by atoms with Crippen molar-refractivity contribution in [2.75, 3.05) is 19.8 Å². The Morgan fingerprint density at radius 3 is 2.84 bits per heavy atom. The van der Waals surface area contributed by atoms with Crippen molar-refractivity contribution in [3.8, 4) is 0 Å². The summed E-state index contributed by atoms with van der Waals surface area (Å²) >= 11 is 0. The Bertz CT molecular complexity index is 344. The van der Waals surface area contributed by atoms with E-state index in [-0.39, 0.29) is 12.5 Å². The lowest BCUT2D eigenvalue weighted by molar-refractivity contribution is -0.158. The molecule has 0 spiro atoms. The van der Waals surface area contributed by atoms with Crippen molar-refractivity contribution < 1.29 is 19.4 Å². The average Bonchev–Trinajstić information content (AvgIpc) is 2.38. The second-order valence-electron chi connectivity index (χ2n) is 5.86. The molecule has 19 heavy (non-hydrogen) atoms. The Hall–Kier alpha value is -1.10. The summed E-state index contributed by atoms with van der Waals surface area (Å²) in [5, 5.41) is 9.13. The molecule has 108 valence electrons. The van der Waals surface area contributed by atoms with Gasteiger partial charge in [0.25, 0.3) is 0 Å². The van der Waals surface area contributed by atoms with E-state index in [0.717, 1.165) is 12.8 Å². The standard InChI is InChI=1S/C14H23NO4/c1-10-3-2-4-11(7-10)8-13(16)15-5-6-19-9-12(15)14(17)18/h10-12H,2-9H2,1H3,(H,17,18)/t10-,11+,12-/m1/s1. The van der Waals surface area contributed by atoms with Gasteiger partial charge >= 0.3 is 5.97 Å². The lowest BCUT2D eigenvalue weighted by Gasteiger charge is -2.35. The molecule has 5 nitrogen and oxygen atoms in total. The van der Waals surface area contributed by atoms with E-state index in [1.165, 1.54) is 17.7 Å². The van der Waals surface area contributed by atoms with Gasteiger partial charge in [-0.15, -0.1) is 0 Å². The maximum atomic E-state index is 12.3. The highest BCUT2D eigenvalue weighted by Gasteiger charge is 2.34. The molecule has 0 aromatic rings. The van der Waals surface area contributed by atoms with E-state index < -0.39 is 12.0 Å². The number of carbonyl (C=O) groups is 2. The summed E-state index contributed by atoms with van der Waals surface area (Å²) in [5.41, 5.74) is 0. The van der Waals surface area contributed by atoms with Crippen LogP contribution in [0.3, 0.4) is 0 Å². The summed E-state index contributed by atoms with van der Waals surface area (Å²) in [6, 6.07) is -0.803. The van der Waals surface area contributed by atoms with E-state index in [2.05, 4.69) is 6.92 Å². The van der Waals surface area contributed by atoms with Crippen LogP contribution in [-0.4, -0.2) is 47.7 Å². The summed E-state index contributed by atoms with van der Waals surface area (Å²) in [6.07, 6.45) is 5.12. The smallest absolute Gasteiger partial charge is 0.328 e. The van der Waals surface area contributed by atoms with Crippen molar-refractivity contribution in [1.29, 1.82) is 0 Å². The predicted octanol–water partition coefficient (Wildman–Crippen LogP) is 1.51. The van der Waals surface area contributed by atoms with Gasteiger partial charge in [0.15, 0.2) is 6.04 Å². The van der Waals surface area contributed by atoms with Crippen molar-refractivity contribution in [1.82, 2.24) is 4.90 Å². The van der Waals surface area contributed by atoms with E-state index in [0.29, 0.717) is 31.4 Å². The second-order valence-corrected chi connectivity index (χ2v) is 5.86. The highest BCUT2D eigenvalue weighted by Crippen LogP contribution is 2.31. The first-order valence-corrected chi connectivity index (χ1v) is 7.18. The van der Waals surface area contributed by atoms with E-state index in [4.69, 9.17) is 9.84 Å². The maximum Gasteiger partial charge on any atom is 0.328 e. The number of aliphatic carboxylic acids is 1. The number of carboxylic acid groups (broad SMARTS) is 1. The molecule has 1 aliphatic heterocycles. The second kappa shape index (κ2) is 6.37. The molecule has 0 aromatic heterocycles. The number of hydrogen-bond acceptors (Lipinski definition) is 3. The van der Waals surface area contributed by atoms with Gasteiger partial charge in [-0.25, -0.2) is 4.79 Å². The van der Waals surface area contributed by atoms with E-state index in [1.807, 2.05) is 0 Å². The summed E-state index contributed by atoms with van der Waals surface area (Å²) < 4.78 is 5.16. The lowest BCUT2D eigenvalue weighted by atomic mass is 9.80. The average molecular weight is 269 g/mol. The third-order valence-corrected chi connectivity index (χ3v) is 4.24. The lowest BCUT2D eigenvalue weighted by Crippen LogP contribution is -2.53. The fraction of sp³-hybridized carbons (Fsp3) is 0.857. The van der Waals surface area contributed by atoms with Crippen LogP contribution in [0.15, 0.2) is 0 Å². The van der Waals surface area contributed by atoms with Gasteiger partial charge in [0.05, 0.1) is 13.2 Å². The summed E-state index contributed by atoms with van der Waals surface area (Å²) in [5.74, 6) is 0.125. The van der Waals surface area contributed by atoms with Crippen molar-refractivity contribution >= 4 is 11.9 Å². The zero-order valence-corrected chi connectivity index (χ0v) is 11.5. The van der Waals surface area contributed by atoms with Crippen LogP contribution in [-0.2, 0) is 14.3 Å². The minimum Gasteiger partial charge on any atom is -0.480 e. The Morgan fingerprint density at radius 1 is 1.37 bits per heavy atom. The number of nitrogens with zero attached hydrogens (tertiary/aromatic N) is 1. The number of carbonyl (C=O) groups excluding carboxylic acids is 1. The molecule has 0 unspecified atom stereocenters. The largest absolute Gasteiger partial charge is 0.480 e. The summed E-state index contributed by atoms with van der Waals surface area (Å²) in [6.45, 7) is 3.18. The third-order valence-electron chi connectivity index (χ3n) is 4.24. The highest BCUT2D eigenvalue weighted by molar-refractivity contribution is 5.84. The van der Waals surface area contributed by atoms with Gasteiger partial charge in [-0.05, 0) is 24.7 Å². The van der Waals surface area contributed by atoms with Crippen molar-refractivity contribution in [2.24, 2.45) is 11.8 Å². The monoisotopic (exact) mass is 269 g/mol. The molecule has 1 saturated heterocycles. The van der Waals surface area contributed by atoms with Gasteiger partial charge in [-0.1, -0.05) is 19.8 Å². The van der Waals surface area contributed by atoms with Crippen molar-refractivity contribution in [2.45, 2.75) is 45.1 Å².